The Hall–Kier alpha value is -0.0800. The van der Waals surface area contributed by atoms with Crippen molar-refractivity contribution in [2.24, 2.45) is 0 Å². The maximum Gasteiger partial charge on any atom is 0.0501 e. The first kappa shape index (κ1) is 12.9. The maximum atomic E-state index is 2.45. The molecule has 79 valence electrons. The quantitative estimate of drug-likeness (QED) is 0.600. The minimum absolute atomic E-state index is 1.12. The second-order valence-corrected chi connectivity index (χ2v) is 3.37. The number of hydrogen-bond donors (Lipinski definition) is 0. The Kier molecular flexibility index (Phi) is 7.29. The maximum absolute atomic E-state index is 2.45. The van der Waals surface area contributed by atoms with Crippen molar-refractivity contribution in [2.75, 3.05) is 32.7 Å². The van der Waals surface area contributed by atoms with Crippen LogP contribution in [0, 0.1) is 6.04 Å². The Morgan fingerprint density at radius 1 is 0.846 bits per heavy atom. The van der Waals surface area contributed by atoms with E-state index in [1.165, 1.54) is 6.04 Å². The molecule has 0 rings (SSSR count). The van der Waals surface area contributed by atoms with Gasteiger partial charge < -0.3 is 4.90 Å². The van der Waals surface area contributed by atoms with Crippen LogP contribution in [0.15, 0.2) is 0 Å². The minimum atomic E-state index is 1.12. The van der Waals surface area contributed by atoms with Crippen LogP contribution in [0.3, 0.4) is 0 Å². The predicted octanol–water partition coefficient (Wildman–Crippen LogP) is 2.22. The molecule has 0 aromatic heterocycles. The van der Waals surface area contributed by atoms with Gasteiger partial charge in [-0.2, -0.15) is 0 Å². The van der Waals surface area contributed by atoms with E-state index in [0.29, 0.717) is 0 Å². The molecule has 2 nitrogen and oxygen atoms in total. The van der Waals surface area contributed by atoms with Gasteiger partial charge in [0, 0.05) is 6.54 Å². The number of nitrogens with zero attached hydrogens (tertiary/aromatic N) is 2. The molecular weight excluding hydrogens is 160 g/mol. The van der Waals surface area contributed by atoms with Crippen LogP contribution in [0.2, 0.25) is 0 Å². The predicted molar refractivity (Wildman–Crippen MR) is 59.6 cm³/mol. The van der Waals surface area contributed by atoms with Gasteiger partial charge in [0.15, 0.2) is 0 Å². The van der Waals surface area contributed by atoms with E-state index in [1.807, 2.05) is 0 Å². The van der Waals surface area contributed by atoms with Gasteiger partial charge in [-0.25, -0.2) is 0 Å². The van der Waals surface area contributed by atoms with Crippen molar-refractivity contribution in [1.82, 2.24) is 9.80 Å². The van der Waals surface area contributed by atoms with Crippen molar-refractivity contribution in [2.45, 2.75) is 34.6 Å². The van der Waals surface area contributed by atoms with Crippen molar-refractivity contribution in [3.8, 4) is 0 Å². The summed E-state index contributed by atoms with van der Waals surface area (Å²) in [7, 11) is 0. The van der Waals surface area contributed by atoms with Crippen LogP contribution >= 0.6 is 0 Å². The van der Waals surface area contributed by atoms with Crippen molar-refractivity contribution in [3.63, 3.8) is 0 Å². The highest BCUT2D eigenvalue weighted by molar-refractivity contribution is 4.86. The highest BCUT2D eigenvalue weighted by Gasteiger charge is 2.13. The lowest BCUT2D eigenvalue weighted by atomic mass is 10.2. The van der Waals surface area contributed by atoms with Gasteiger partial charge in [0.25, 0.3) is 0 Å². The molecule has 0 saturated heterocycles. The molecule has 0 aliphatic rings. The van der Waals surface area contributed by atoms with E-state index in [9.17, 15) is 0 Å². The molecule has 0 aliphatic heterocycles. The summed E-state index contributed by atoms with van der Waals surface area (Å²) in [6.07, 6.45) is 0. The Morgan fingerprint density at radius 3 is 1.62 bits per heavy atom. The first-order valence-electron chi connectivity index (χ1n) is 5.49. The molecule has 1 radical (unpaired) electrons. The summed E-state index contributed by atoms with van der Waals surface area (Å²) in [5.74, 6) is 0. The van der Waals surface area contributed by atoms with Gasteiger partial charge >= 0.3 is 0 Å². The fourth-order valence-corrected chi connectivity index (χ4v) is 1.63. The fourth-order valence-electron chi connectivity index (χ4n) is 1.63. The standard InChI is InChI=1S/C11H25N2/c1-6-12(7-2)10-11(5)13(8-3)9-4/h6-10H2,1-5H3. The Labute approximate surface area is 83.9 Å². The molecule has 0 heterocycles. The second-order valence-electron chi connectivity index (χ2n) is 3.37. The van der Waals surface area contributed by atoms with Crippen LogP contribution < -0.4 is 0 Å². The summed E-state index contributed by atoms with van der Waals surface area (Å²) >= 11 is 0. The van der Waals surface area contributed by atoms with Crippen LogP contribution in [-0.2, 0) is 0 Å². The van der Waals surface area contributed by atoms with E-state index >= 15 is 0 Å². The lowest BCUT2D eigenvalue weighted by Gasteiger charge is -2.30. The van der Waals surface area contributed by atoms with E-state index < -0.39 is 0 Å². The van der Waals surface area contributed by atoms with Crippen molar-refractivity contribution in [3.05, 3.63) is 6.04 Å². The summed E-state index contributed by atoms with van der Waals surface area (Å²) in [4.78, 5) is 4.88. The lowest BCUT2D eigenvalue weighted by molar-refractivity contribution is 0.232. The zero-order valence-corrected chi connectivity index (χ0v) is 9.93. The van der Waals surface area contributed by atoms with Crippen LogP contribution in [-0.4, -0.2) is 42.5 Å². The topological polar surface area (TPSA) is 6.48 Å². The van der Waals surface area contributed by atoms with Gasteiger partial charge in [-0.05, 0) is 33.1 Å². The molecule has 13 heavy (non-hydrogen) atoms. The van der Waals surface area contributed by atoms with E-state index in [1.54, 1.807) is 0 Å². The second kappa shape index (κ2) is 7.34. The van der Waals surface area contributed by atoms with Gasteiger partial charge in [0.05, 0.1) is 6.04 Å². The normalized spacial score (nSPS) is 12.0. The average molecular weight is 185 g/mol. The highest BCUT2D eigenvalue weighted by Crippen LogP contribution is 2.08. The van der Waals surface area contributed by atoms with Crippen LogP contribution in [0.5, 0.6) is 0 Å². The molecule has 0 aromatic rings. The molecule has 0 aromatic carbocycles. The molecule has 0 bridgehead atoms. The molecule has 0 saturated carbocycles. The molecular formula is C11H25N2. The Morgan fingerprint density at radius 2 is 1.31 bits per heavy atom. The molecule has 0 aliphatic carbocycles. The zero-order chi connectivity index (χ0) is 10.3. The molecule has 0 spiro atoms. The average Bonchev–Trinajstić information content (AvgIpc) is 2.16. The number of rotatable bonds is 7. The minimum Gasteiger partial charge on any atom is -0.302 e. The smallest absolute Gasteiger partial charge is 0.0501 e. The van der Waals surface area contributed by atoms with Gasteiger partial charge in [-0.3, -0.25) is 4.90 Å². The van der Waals surface area contributed by atoms with E-state index in [2.05, 4.69) is 44.4 Å². The zero-order valence-electron chi connectivity index (χ0n) is 9.93. The Balaban J connectivity index is 3.87. The molecule has 0 amide bonds. The number of likely N-dealkylation sites (N-methyl/N-ethyl adjacent to an activating group) is 2. The highest BCUT2D eigenvalue weighted by atomic mass is 15.2. The van der Waals surface area contributed by atoms with Crippen LogP contribution in [0.25, 0.3) is 0 Å². The summed E-state index contributed by atoms with van der Waals surface area (Å²) in [5, 5.41) is 0. The third kappa shape index (κ3) is 4.63. The first-order chi connectivity index (χ1) is 6.19. The third-order valence-corrected chi connectivity index (χ3v) is 2.65. The lowest BCUT2D eigenvalue weighted by Crippen LogP contribution is -2.36. The Bertz CT molecular complexity index is 107. The first-order valence-corrected chi connectivity index (χ1v) is 5.49. The van der Waals surface area contributed by atoms with Gasteiger partial charge in [-0.1, -0.05) is 27.7 Å². The fraction of sp³-hybridized carbons (Fsp3) is 0.909. The molecule has 0 atom stereocenters. The monoisotopic (exact) mass is 185 g/mol. The van der Waals surface area contributed by atoms with Crippen LogP contribution in [0.1, 0.15) is 34.6 Å². The van der Waals surface area contributed by atoms with E-state index in [4.69, 9.17) is 0 Å². The van der Waals surface area contributed by atoms with E-state index in [-0.39, 0.29) is 0 Å². The summed E-state index contributed by atoms with van der Waals surface area (Å²) in [6, 6.07) is 1.49. The van der Waals surface area contributed by atoms with Crippen molar-refractivity contribution in [1.29, 1.82) is 0 Å². The van der Waals surface area contributed by atoms with Gasteiger partial charge in [0.2, 0.25) is 0 Å². The van der Waals surface area contributed by atoms with Gasteiger partial charge in [0.1, 0.15) is 0 Å². The summed E-state index contributed by atoms with van der Waals surface area (Å²) < 4.78 is 0. The molecule has 0 fully saturated rings. The van der Waals surface area contributed by atoms with E-state index in [0.717, 1.165) is 32.7 Å². The van der Waals surface area contributed by atoms with Crippen molar-refractivity contribution < 1.29 is 0 Å². The number of hydrogen-bond acceptors (Lipinski definition) is 2. The van der Waals surface area contributed by atoms with Gasteiger partial charge in [-0.15, -0.1) is 0 Å². The largest absolute Gasteiger partial charge is 0.302 e. The van der Waals surface area contributed by atoms with Crippen molar-refractivity contribution >= 4 is 0 Å². The van der Waals surface area contributed by atoms with Crippen LogP contribution in [0.4, 0.5) is 0 Å². The summed E-state index contributed by atoms with van der Waals surface area (Å²) in [5.41, 5.74) is 0. The molecule has 2 heteroatoms. The SMILES string of the molecule is CCN(CC)C[C](C)N(CC)CC. The summed E-state index contributed by atoms with van der Waals surface area (Å²) in [6.45, 7) is 16.8. The third-order valence-electron chi connectivity index (χ3n) is 2.65. The molecule has 0 unspecified atom stereocenters. The molecule has 0 N–H and O–H groups in total.